The van der Waals surface area contributed by atoms with Gasteiger partial charge in [-0.1, -0.05) is 6.07 Å². The SMILES string of the molecule is CCNC(=NCCCc1ccc(OC)c(OCC)c1)NCCCOC(C)C. The van der Waals surface area contributed by atoms with Crippen molar-refractivity contribution in [2.75, 3.05) is 40.0 Å². The highest BCUT2D eigenvalue weighted by molar-refractivity contribution is 5.79. The molecule has 0 radical (unpaired) electrons. The summed E-state index contributed by atoms with van der Waals surface area (Å²) in [5, 5.41) is 6.64. The molecule has 0 aliphatic carbocycles. The first-order valence-corrected chi connectivity index (χ1v) is 10.0. The van der Waals surface area contributed by atoms with E-state index in [0.29, 0.717) is 6.61 Å². The van der Waals surface area contributed by atoms with Crippen LogP contribution >= 0.6 is 0 Å². The fourth-order valence-electron chi connectivity index (χ4n) is 2.56. The Kier molecular flexibility index (Phi) is 12.1. The summed E-state index contributed by atoms with van der Waals surface area (Å²) < 4.78 is 16.5. The Balaban J connectivity index is 2.41. The molecule has 154 valence electrons. The molecule has 2 N–H and O–H groups in total. The Bertz CT molecular complexity index is 547. The number of aliphatic imine (C=N–C) groups is 1. The van der Waals surface area contributed by atoms with E-state index in [1.165, 1.54) is 5.56 Å². The van der Waals surface area contributed by atoms with E-state index in [2.05, 4.69) is 48.5 Å². The topological polar surface area (TPSA) is 64.1 Å². The van der Waals surface area contributed by atoms with Gasteiger partial charge in [0.2, 0.25) is 0 Å². The molecule has 0 aliphatic rings. The second kappa shape index (κ2) is 14.2. The molecule has 0 atom stereocenters. The van der Waals surface area contributed by atoms with Crippen molar-refractivity contribution in [2.24, 2.45) is 4.99 Å². The number of ether oxygens (including phenoxy) is 3. The normalized spacial score (nSPS) is 11.6. The van der Waals surface area contributed by atoms with Gasteiger partial charge in [-0.05, 0) is 64.7 Å². The van der Waals surface area contributed by atoms with Gasteiger partial charge in [0.15, 0.2) is 17.5 Å². The predicted octanol–water partition coefficient (Wildman–Crippen LogP) is 3.40. The lowest BCUT2D eigenvalue weighted by atomic mass is 10.1. The van der Waals surface area contributed by atoms with Gasteiger partial charge >= 0.3 is 0 Å². The quantitative estimate of drug-likeness (QED) is 0.312. The second-order valence-electron chi connectivity index (χ2n) is 6.48. The van der Waals surface area contributed by atoms with Crippen molar-refractivity contribution in [3.63, 3.8) is 0 Å². The highest BCUT2D eigenvalue weighted by Gasteiger charge is 2.05. The summed E-state index contributed by atoms with van der Waals surface area (Å²) in [6.07, 6.45) is 3.18. The Morgan fingerprint density at radius 3 is 2.59 bits per heavy atom. The van der Waals surface area contributed by atoms with Crippen LogP contribution in [0.3, 0.4) is 0 Å². The number of hydrogen-bond acceptors (Lipinski definition) is 4. The third-order valence-corrected chi connectivity index (χ3v) is 3.83. The molecule has 0 bridgehead atoms. The van der Waals surface area contributed by atoms with Gasteiger partial charge in [0, 0.05) is 26.2 Å². The van der Waals surface area contributed by atoms with E-state index in [-0.39, 0.29) is 6.10 Å². The highest BCUT2D eigenvalue weighted by Crippen LogP contribution is 2.28. The predicted molar refractivity (Wildman–Crippen MR) is 112 cm³/mol. The molecule has 6 nitrogen and oxygen atoms in total. The number of aryl methyl sites for hydroxylation is 1. The Hall–Kier alpha value is -1.95. The molecule has 0 aromatic heterocycles. The van der Waals surface area contributed by atoms with Crippen molar-refractivity contribution in [1.82, 2.24) is 10.6 Å². The molecule has 0 saturated carbocycles. The van der Waals surface area contributed by atoms with Crippen LogP contribution in [0.5, 0.6) is 11.5 Å². The van der Waals surface area contributed by atoms with E-state index < -0.39 is 0 Å². The van der Waals surface area contributed by atoms with E-state index in [9.17, 15) is 0 Å². The van der Waals surface area contributed by atoms with E-state index >= 15 is 0 Å². The molecule has 0 aliphatic heterocycles. The number of guanidine groups is 1. The minimum atomic E-state index is 0.285. The highest BCUT2D eigenvalue weighted by atomic mass is 16.5. The van der Waals surface area contributed by atoms with Crippen LogP contribution in [-0.4, -0.2) is 52.0 Å². The molecule has 0 saturated heterocycles. The summed E-state index contributed by atoms with van der Waals surface area (Å²) in [4.78, 5) is 4.65. The fraction of sp³-hybridized carbons (Fsp3) is 0.667. The summed E-state index contributed by atoms with van der Waals surface area (Å²) in [6.45, 7) is 12.0. The van der Waals surface area contributed by atoms with Gasteiger partial charge in [-0.2, -0.15) is 0 Å². The minimum absolute atomic E-state index is 0.285. The first-order valence-electron chi connectivity index (χ1n) is 10.0. The number of nitrogens with zero attached hydrogens (tertiary/aromatic N) is 1. The molecule has 0 amide bonds. The number of rotatable bonds is 13. The smallest absolute Gasteiger partial charge is 0.191 e. The van der Waals surface area contributed by atoms with Gasteiger partial charge in [-0.15, -0.1) is 0 Å². The van der Waals surface area contributed by atoms with Crippen LogP contribution < -0.4 is 20.1 Å². The zero-order chi connectivity index (χ0) is 19.9. The number of nitrogens with one attached hydrogen (secondary N) is 2. The maximum atomic E-state index is 5.64. The molecule has 0 spiro atoms. The standard InChI is InChI=1S/C21H37N3O3/c1-6-22-21(24-14-9-15-27-17(3)4)23-13-8-10-18-11-12-19(25-5)20(16-18)26-7-2/h11-12,16-17H,6-10,13-15H2,1-5H3,(H2,22,23,24). The van der Waals surface area contributed by atoms with Crippen LogP contribution in [0.25, 0.3) is 0 Å². The van der Waals surface area contributed by atoms with Gasteiger partial charge in [-0.25, -0.2) is 0 Å². The minimum Gasteiger partial charge on any atom is -0.493 e. The third-order valence-electron chi connectivity index (χ3n) is 3.83. The number of benzene rings is 1. The van der Waals surface area contributed by atoms with Crippen molar-refractivity contribution in [2.45, 2.75) is 53.1 Å². The van der Waals surface area contributed by atoms with Crippen molar-refractivity contribution >= 4 is 5.96 Å². The van der Waals surface area contributed by atoms with Crippen LogP contribution in [0.1, 0.15) is 46.1 Å². The maximum absolute atomic E-state index is 5.64. The van der Waals surface area contributed by atoms with Crippen LogP contribution in [0.2, 0.25) is 0 Å². The van der Waals surface area contributed by atoms with Crippen LogP contribution in [0.15, 0.2) is 23.2 Å². The Morgan fingerprint density at radius 1 is 1.11 bits per heavy atom. The van der Waals surface area contributed by atoms with Crippen molar-refractivity contribution in [3.05, 3.63) is 23.8 Å². The average molecular weight is 380 g/mol. The second-order valence-corrected chi connectivity index (χ2v) is 6.48. The summed E-state index contributed by atoms with van der Waals surface area (Å²) in [6, 6.07) is 6.11. The molecule has 6 heteroatoms. The monoisotopic (exact) mass is 379 g/mol. The summed E-state index contributed by atoms with van der Waals surface area (Å²) in [7, 11) is 1.66. The summed E-state index contributed by atoms with van der Waals surface area (Å²) >= 11 is 0. The average Bonchev–Trinajstić information content (AvgIpc) is 2.65. The zero-order valence-corrected chi connectivity index (χ0v) is 17.6. The Morgan fingerprint density at radius 2 is 1.93 bits per heavy atom. The lowest BCUT2D eigenvalue weighted by Crippen LogP contribution is -2.38. The first kappa shape index (κ1) is 23.1. The largest absolute Gasteiger partial charge is 0.493 e. The molecule has 1 aromatic carbocycles. The van der Waals surface area contributed by atoms with Crippen LogP contribution in [0.4, 0.5) is 0 Å². The van der Waals surface area contributed by atoms with Crippen LogP contribution in [0, 0.1) is 0 Å². The maximum Gasteiger partial charge on any atom is 0.191 e. The van der Waals surface area contributed by atoms with E-state index in [1.807, 2.05) is 13.0 Å². The molecular weight excluding hydrogens is 342 g/mol. The van der Waals surface area contributed by atoms with Crippen LogP contribution in [-0.2, 0) is 11.2 Å². The molecule has 0 fully saturated rings. The summed E-state index contributed by atoms with van der Waals surface area (Å²) in [5.41, 5.74) is 1.23. The number of hydrogen-bond donors (Lipinski definition) is 2. The van der Waals surface area contributed by atoms with Crippen molar-refractivity contribution < 1.29 is 14.2 Å². The van der Waals surface area contributed by atoms with Gasteiger partial charge in [0.05, 0.1) is 19.8 Å². The first-order chi connectivity index (χ1) is 13.1. The van der Waals surface area contributed by atoms with Crippen molar-refractivity contribution in [1.29, 1.82) is 0 Å². The van der Waals surface area contributed by atoms with Crippen molar-refractivity contribution in [3.8, 4) is 11.5 Å². The van der Waals surface area contributed by atoms with Gasteiger partial charge in [-0.3, -0.25) is 4.99 Å². The molecule has 1 aromatic rings. The zero-order valence-electron chi connectivity index (χ0n) is 17.6. The summed E-state index contributed by atoms with van der Waals surface area (Å²) in [5.74, 6) is 2.45. The van der Waals surface area contributed by atoms with Gasteiger partial charge in [0.25, 0.3) is 0 Å². The third kappa shape index (κ3) is 10.1. The fourth-order valence-corrected chi connectivity index (χ4v) is 2.56. The number of methoxy groups -OCH3 is 1. The molecule has 1 rings (SSSR count). The lowest BCUT2D eigenvalue weighted by molar-refractivity contribution is 0.0776. The van der Waals surface area contributed by atoms with E-state index in [0.717, 1.165) is 63.0 Å². The molecule has 0 heterocycles. The van der Waals surface area contributed by atoms with Gasteiger partial charge in [0.1, 0.15) is 0 Å². The van der Waals surface area contributed by atoms with E-state index in [1.54, 1.807) is 7.11 Å². The lowest BCUT2D eigenvalue weighted by Gasteiger charge is -2.12. The molecule has 27 heavy (non-hydrogen) atoms. The molecule has 0 unspecified atom stereocenters. The molecular formula is C21H37N3O3. The van der Waals surface area contributed by atoms with E-state index in [4.69, 9.17) is 14.2 Å². The Labute approximate surface area is 164 Å². The van der Waals surface area contributed by atoms with Gasteiger partial charge < -0.3 is 24.8 Å².